The summed E-state index contributed by atoms with van der Waals surface area (Å²) in [7, 11) is 0. The SMILES string of the molecule is C=C(C)[C@@H]1CC[C@]2(C)CC[C@]3(C)[C@H](CC[C@@H]4[C@]5(C)CCC(=O)C(C)(C)[C@@H]5CC[C@@]43C)[C@@H]12. The van der Waals surface area contributed by atoms with E-state index in [4.69, 9.17) is 0 Å². The summed E-state index contributed by atoms with van der Waals surface area (Å²) in [5.74, 6) is 4.33. The van der Waals surface area contributed by atoms with Gasteiger partial charge in [-0.25, -0.2) is 0 Å². The lowest BCUT2D eigenvalue weighted by molar-refractivity contribution is -0.232. The fraction of sp³-hybridized carbons (Fsp3) is 0.900. The predicted octanol–water partition coefficient (Wildman–Crippen LogP) is 8.23. The van der Waals surface area contributed by atoms with E-state index in [2.05, 4.69) is 55.0 Å². The highest BCUT2D eigenvalue weighted by Gasteiger charge is 2.70. The molecule has 1 nitrogen and oxygen atoms in total. The lowest BCUT2D eigenvalue weighted by Gasteiger charge is -2.72. The largest absolute Gasteiger partial charge is 0.299 e. The van der Waals surface area contributed by atoms with Crippen LogP contribution in [0.15, 0.2) is 12.2 Å². The van der Waals surface area contributed by atoms with Gasteiger partial charge in [0.15, 0.2) is 0 Å². The Kier molecular flexibility index (Phi) is 4.66. The third-order valence-corrected chi connectivity index (χ3v) is 13.2. The van der Waals surface area contributed by atoms with E-state index in [1.807, 2.05) is 0 Å². The molecule has 0 N–H and O–H groups in total. The molecule has 0 aliphatic heterocycles. The second-order valence-electron chi connectivity index (χ2n) is 14.5. The highest BCUT2D eigenvalue weighted by atomic mass is 16.1. The summed E-state index contributed by atoms with van der Waals surface area (Å²) >= 11 is 0. The number of Topliss-reactive ketones (excluding diaryl/α,β-unsaturated/α-hetero) is 1. The van der Waals surface area contributed by atoms with E-state index in [9.17, 15) is 4.79 Å². The van der Waals surface area contributed by atoms with Crippen molar-refractivity contribution in [1.82, 2.24) is 0 Å². The second-order valence-corrected chi connectivity index (χ2v) is 14.5. The maximum atomic E-state index is 12.9. The van der Waals surface area contributed by atoms with E-state index < -0.39 is 0 Å². The molecule has 0 heterocycles. The zero-order valence-corrected chi connectivity index (χ0v) is 21.6. The van der Waals surface area contributed by atoms with Crippen LogP contribution < -0.4 is 0 Å². The maximum absolute atomic E-state index is 12.9. The van der Waals surface area contributed by atoms with Gasteiger partial charge in [-0.15, -0.1) is 0 Å². The molecule has 5 saturated carbocycles. The molecular formula is C30H48O. The van der Waals surface area contributed by atoms with E-state index >= 15 is 0 Å². The fourth-order valence-corrected chi connectivity index (χ4v) is 11.3. The predicted molar refractivity (Wildman–Crippen MR) is 130 cm³/mol. The Morgan fingerprint density at radius 1 is 0.806 bits per heavy atom. The van der Waals surface area contributed by atoms with Gasteiger partial charge in [0.05, 0.1) is 0 Å². The minimum atomic E-state index is -0.131. The van der Waals surface area contributed by atoms with Gasteiger partial charge in [0.2, 0.25) is 0 Å². The summed E-state index contributed by atoms with van der Waals surface area (Å²) in [6, 6.07) is 0. The first kappa shape index (κ1) is 22.2. The quantitative estimate of drug-likeness (QED) is 0.387. The molecule has 5 fully saturated rings. The lowest BCUT2D eigenvalue weighted by Crippen LogP contribution is -2.66. The van der Waals surface area contributed by atoms with Gasteiger partial charge < -0.3 is 0 Å². The minimum Gasteiger partial charge on any atom is -0.299 e. The molecule has 5 aliphatic rings. The Morgan fingerprint density at radius 2 is 1.52 bits per heavy atom. The maximum Gasteiger partial charge on any atom is 0.138 e. The highest BCUT2D eigenvalue weighted by Crippen LogP contribution is 2.77. The Labute approximate surface area is 192 Å². The van der Waals surface area contributed by atoms with Crippen molar-refractivity contribution in [2.75, 3.05) is 0 Å². The van der Waals surface area contributed by atoms with Crippen molar-refractivity contribution in [2.24, 2.45) is 56.7 Å². The van der Waals surface area contributed by atoms with Crippen molar-refractivity contribution in [3.8, 4) is 0 Å². The van der Waals surface area contributed by atoms with Crippen molar-refractivity contribution in [3.05, 3.63) is 12.2 Å². The van der Waals surface area contributed by atoms with Crippen LogP contribution in [0.4, 0.5) is 0 Å². The third kappa shape index (κ3) is 2.59. The summed E-state index contributed by atoms with van der Waals surface area (Å²) in [6.45, 7) is 22.0. The van der Waals surface area contributed by atoms with Crippen LogP contribution in [0.3, 0.4) is 0 Å². The number of fused-ring (bicyclic) bond motifs is 7. The first-order chi connectivity index (χ1) is 14.3. The summed E-state index contributed by atoms with van der Waals surface area (Å²) in [5.41, 5.74) is 3.06. The Bertz CT molecular complexity index is 807. The zero-order valence-electron chi connectivity index (χ0n) is 21.6. The molecule has 0 aromatic rings. The van der Waals surface area contributed by atoms with E-state index in [0.717, 1.165) is 36.5 Å². The average molecular weight is 425 g/mol. The fourth-order valence-electron chi connectivity index (χ4n) is 11.3. The molecule has 0 bridgehead atoms. The number of rotatable bonds is 1. The first-order valence-corrected chi connectivity index (χ1v) is 13.5. The molecule has 0 radical (unpaired) electrons. The van der Waals surface area contributed by atoms with Crippen molar-refractivity contribution in [2.45, 2.75) is 113 Å². The zero-order chi connectivity index (χ0) is 22.6. The van der Waals surface area contributed by atoms with Crippen LogP contribution in [0.1, 0.15) is 113 Å². The summed E-state index contributed by atoms with van der Waals surface area (Å²) in [6.07, 6.45) is 13.0. The normalized spacial score (nSPS) is 55.6. The molecule has 0 aromatic carbocycles. The molecule has 31 heavy (non-hydrogen) atoms. The number of hydrogen-bond acceptors (Lipinski definition) is 1. The molecular weight excluding hydrogens is 376 g/mol. The Hall–Kier alpha value is -0.590. The number of hydrogen-bond donors (Lipinski definition) is 0. The number of ketones is 1. The highest BCUT2D eigenvalue weighted by molar-refractivity contribution is 5.85. The Morgan fingerprint density at radius 3 is 2.19 bits per heavy atom. The van der Waals surface area contributed by atoms with Gasteiger partial charge >= 0.3 is 0 Å². The van der Waals surface area contributed by atoms with Gasteiger partial charge in [-0.1, -0.05) is 53.7 Å². The monoisotopic (exact) mass is 424 g/mol. The van der Waals surface area contributed by atoms with Gasteiger partial charge in [-0.3, -0.25) is 4.79 Å². The van der Waals surface area contributed by atoms with E-state index in [0.29, 0.717) is 33.4 Å². The molecule has 5 rings (SSSR count). The molecule has 174 valence electrons. The van der Waals surface area contributed by atoms with Crippen LogP contribution in [0.2, 0.25) is 0 Å². The van der Waals surface area contributed by atoms with Crippen LogP contribution in [-0.4, -0.2) is 5.78 Å². The molecule has 0 amide bonds. The topological polar surface area (TPSA) is 17.1 Å². The number of carbonyl (C=O) groups is 1. The van der Waals surface area contributed by atoms with E-state index in [1.165, 1.54) is 56.9 Å². The first-order valence-electron chi connectivity index (χ1n) is 13.5. The van der Waals surface area contributed by atoms with Crippen molar-refractivity contribution in [3.63, 3.8) is 0 Å². The van der Waals surface area contributed by atoms with Crippen molar-refractivity contribution < 1.29 is 4.79 Å². The van der Waals surface area contributed by atoms with Gasteiger partial charge in [0.1, 0.15) is 5.78 Å². The third-order valence-electron chi connectivity index (χ3n) is 13.2. The summed E-state index contributed by atoms with van der Waals surface area (Å²) in [5, 5.41) is 0. The second kappa shape index (κ2) is 6.50. The summed E-state index contributed by atoms with van der Waals surface area (Å²) < 4.78 is 0. The molecule has 0 spiro atoms. The van der Waals surface area contributed by atoms with Crippen LogP contribution in [0.5, 0.6) is 0 Å². The standard InChI is InChI=1S/C30H48O/c1-19(2)20-11-14-27(5)17-18-29(7)21(25(20)27)9-10-23-28(6)15-13-24(31)26(3,4)22(28)12-16-30(23,29)8/h20-23,25H,1,9-18H2,2-8H3/t20-,21+,22-,23+,25+,27+,28+,29+,30-/m0/s1. The lowest BCUT2D eigenvalue weighted by atomic mass is 9.32. The average Bonchev–Trinajstić information content (AvgIpc) is 3.04. The summed E-state index contributed by atoms with van der Waals surface area (Å²) in [4.78, 5) is 12.9. The van der Waals surface area contributed by atoms with Gasteiger partial charge in [-0.05, 0) is 116 Å². The van der Waals surface area contributed by atoms with Crippen molar-refractivity contribution in [1.29, 1.82) is 0 Å². The van der Waals surface area contributed by atoms with Crippen LogP contribution in [0.25, 0.3) is 0 Å². The molecule has 9 atom stereocenters. The van der Waals surface area contributed by atoms with Crippen LogP contribution in [-0.2, 0) is 4.79 Å². The van der Waals surface area contributed by atoms with Gasteiger partial charge in [0, 0.05) is 11.8 Å². The van der Waals surface area contributed by atoms with Crippen LogP contribution in [0, 0.1) is 56.7 Å². The smallest absolute Gasteiger partial charge is 0.138 e. The van der Waals surface area contributed by atoms with Crippen molar-refractivity contribution >= 4 is 5.78 Å². The van der Waals surface area contributed by atoms with Gasteiger partial charge in [-0.2, -0.15) is 0 Å². The molecule has 0 unspecified atom stereocenters. The number of carbonyl (C=O) groups excluding carboxylic acids is 1. The minimum absolute atomic E-state index is 0.131. The Balaban J connectivity index is 1.55. The molecule has 1 heteroatoms. The van der Waals surface area contributed by atoms with E-state index in [1.54, 1.807) is 0 Å². The molecule has 5 aliphatic carbocycles. The van der Waals surface area contributed by atoms with Crippen LogP contribution >= 0.6 is 0 Å². The van der Waals surface area contributed by atoms with E-state index in [-0.39, 0.29) is 5.41 Å². The molecule has 0 aromatic heterocycles. The number of allylic oxidation sites excluding steroid dienone is 1. The molecule has 0 saturated heterocycles. The van der Waals surface area contributed by atoms with Gasteiger partial charge in [0.25, 0.3) is 0 Å².